The molecule has 1 saturated carbocycles. The van der Waals surface area contributed by atoms with Crippen LogP contribution in [-0.2, 0) is 11.3 Å². The van der Waals surface area contributed by atoms with Crippen molar-refractivity contribution in [2.45, 2.75) is 45.6 Å². The van der Waals surface area contributed by atoms with E-state index in [9.17, 15) is 4.79 Å². The number of carbonyl (C=O) groups is 1. The lowest BCUT2D eigenvalue weighted by Gasteiger charge is -2.26. The van der Waals surface area contributed by atoms with Crippen LogP contribution in [0, 0.1) is 17.3 Å². The molecule has 0 bridgehead atoms. The predicted octanol–water partition coefficient (Wildman–Crippen LogP) is 2.62. The average Bonchev–Trinajstić information content (AvgIpc) is 3.01. The van der Waals surface area contributed by atoms with Gasteiger partial charge in [0.15, 0.2) is 0 Å². The molecule has 0 saturated heterocycles. The molecule has 0 spiro atoms. The highest BCUT2D eigenvalue weighted by molar-refractivity contribution is 5.82. The first kappa shape index (κ1) is 15.6. The monoisotopic (exact) mass is 285 g/mol. The third kappa shape index (κ3) is 3.86. The molecule has 0 aromatic heterocycles. The van der Waals surface area contributed by atoms with Gasteiger partial charge in [-0.1, -0.05) is 43.7 Å². The van der Waals surface area contributed by atoms with Gasteiger partial charge >= 0.3 is 0 Å². The van der Waals surface area contributed by atoms with Crippen LogP contribution in [-0.4, -0.2) is 17.6 Å². The van der Waals surface area contributed by atoms with Crippen molar-refractivity contribution >= 4 is 5.91 Å². The highest BCUT2D eigenvalue weighted by atomic mass is 16.2. The molecular formula is C18H23NO2. The van der Waals surface area contributed by atoms with Crippen LogP contribution in [0.25, 0.3) is 0 Å². The van der Waals surface area contributed by atoms with Crippen LogP contribution >= 0.6 is 0 Å². The lowest BCUT2D eigenvalue weighted by Crippen LogP contribution is -2.38. The number of aliphatic hydroxyl groups excluding tert-OH is 1. The van der Waals surface area contributed by atoms with Crippen molar-refractivity contribution in [2.24, 2.45) is 5.41 Å². The van der Waals surface area contributed by atoms with Crippen molar-refractivity contribution in [1.82, 2.24) is 5.32 Å². The van der Waals surface area contributed by atoms with Crippen molar-refractivity contribution in [3.8, 4) is 11.8 Å². The van der Waals surface area contributed by atoms with Crippen LogP contribution in [0.1, 0.15) is 50.2 Å². The molecule has 1 aromatic carbocycles. The summed E-state index contributed by atoms with van der Waals surface area (Å²) in [5, 5.41) is 11.8. The Morgan fingerprint density at radius 2 is 2.14 bits per heavy atom. The summed E-state index contributed by atoms with van der Waals surface area (Å²) in [5.41, 5.74) is 1.76. The van der Waals surface area contributed by atoms with Gasteiger partial charge in [-0.05, 0) is 37.0 Å². The van der Waals surface area contributed by atoms with E-state index in [4.69, 9.17) is 5.11 Å². The minimum Gasteiger partial charge on any atom is -0.384 e. The molecule has 1 aliphatic rings. The van der Waals surface area contributed by atoms with Crippen LogP contribution in [0.2, 0.25) is 0 Å². The fraction of sp³-hybridized carbons (Fsp3) is 0.500. The summed E-state index contributed by atoms with van der Waals surface area (Å²) in [5.74, 6) is 5.71. The third-order valence-corrected chi connectivity index (χ3v) is 4.41. The molecule has 2 N–H and O–H groups in total. The summed E-state index contributed by atoms with van der Waals surface area (Å²) in [6, 6.07) is 7.76. The number of hydrogen-bond donors (Lipinski definition) is 2. The first-order valence-electron chi connectivity index (χ1n) is 7.67. The van der Waals surface area contributed by atoms with Crippen molar-refractivity contribution in [3.63, 3.8) is 0 Å². The summed E-state index contributed by atoms with van der Waals surface area (Å²) >= 11 is 0. The molecule has 0 unspecified atom stereocenters. The minimum absolute atomic E-state index is 0.139. The average molecular weight is 285 g/mol. The molecule has 112 valence electrons. The minimum atomic E-state index is -0.145. The van der Waals surface area contributed by atoms with Gasteiger partial charge < -0.3 is 10.4 Å². The van der Waals surface area contributed by atoms with Gasteiger partial charge in [-0.2, -0.15) is 0 Å². The molecule has 0 aliphatic heterocycles. The number of benzene rings is 1. The summed E-state index contributed by atoms with van der Waals surface area (Å²) in [7, 11) is 0. The highest BCUT2D eigenvalue weighted by Crippen LogP contribution is 2.41. The first-order valence-corrected chi connectivity index (χ1v) is 7.67. The van der Waals surface area contributed by atoms with Gasteiger partial charge in [-0.15, -0.1) is 0 Å². The fourth-order valence-corrected chi connectivity index (χ4v) is 3.06. The van der Waals surface area contributed by atoms with E-state index >= 15 is 0 Å². The van der Waals surface area contributed by atoms with Crippen LogP contribution in [0.15, 0.2) is 24.3 Å². The van der Waals surface area contributed by atoms with Crippen molar-refractivity contribution in [3.05, 3.63) is 35.4 Å². The van der Waals surface area contributed by atoms with E-state index < -0.39 is 0 Å². The molecule has 3 heteroatoms. The highest BCUT2D eigenvalue weighted by Gasteiger charge is 2.38. The number of hydrogen-bond acceptors (Lipinski definition) is 2. The summed E-state index contributed by atoms with van der Waals surface area (Å²) in [6.07, 6.45) is 5.26. The van der Waals surface area contributed by atoms with Crippen LogP contribution in [0.5, 0.6) is 0 Å². The second-order valence-electron chi connectivity index (χ2n) is 5.68. The van der Waals surface area contributed by atoms with E-state index in [0.717, 1.165) is 43.2 Å². The van der Waals surface area contributed by atoms with E-state index in [0.29, 0.717) is 6.54 Å². The maximum Gasteiger partial charge on any atom is 0.226 e. The van der Waals surface area contributed by atoms with Gasteiger partial charge in [0.05, 0.1) is 0 Å². The van der Waals surface area contributed by atoms with Crippen LogP contribution < -0.4 is 5.32 Å². The summed E-state index contributed by atoms with van der Waals surface area (Å²) in [4.78, 5) is 12.5. The Labute approximate surface area is 126 Å². The smallest absolute Gasteiger partial charge is 0.226 e. The second-order valence-corrected chi connectivity index (χ2v) is 5.68. The quantitative estimate of drug-likeness (QED) is 0.836. The van der Waals surface area contributed by atoms with Crippen molar-refractivity contribution < 1.29 is 9.90 Å². The van der Waals surface area contributed by atoms with Gasteiger partial charge in [0.25, 0.3) is 0 Å². The van der Waals surface area contributed by atoms with Gasteiger partial charge in [0.1, 0.15) is 6.61 Å². The number of amides is 1. The predicted molar refractivity (Wildman–Crippen MR) is 83.4 cm³/mol. The SMILES string of the molecule is CCC1(C(=O)NCc2cccc(C#CCO)c2)CCCC1. The van der Waals surface area contributed by atoms with Crippen molar-refractivity contribution in [2.75, 3.05) is 6.61 Å². The zero-order chi connectivity index (χ0) is 15.1. The van der Waals surface area contributed by atoms with Crippen LogP contribution in [0.4, 0.5) is 0 Å². The molecule has 1 fully saturated rings. The lowest BCUT2D eigenvalue weighted by atomic mass is 9.82. The van der Waals surface area contributed by atoms with E-state index in [-0.39, 0.29) is 17.9 Å². The summed E-state index contributed by atoms with van der Waals surface area (Å²) in [6.45, 7) is 2.51. The second kappa shape index (κ2) is 7.28. The molecule has 1 aliphatic carbocycles. The third-order valence-electron chi connectivity index (χ3n) is 4.41. The zero-order valence-corrected chi connectivity index (χ0v) is 12.6. The van der Waals surface area contributed by atoms with E-state index in [1.54, 1.807) is 0 Å². The Balaban J connectivity index is 1.98. The first-order chi connectivity index (χ1) is 10.2. The number of aliphatic hydroxyl groups is 1. The van der Waals surface area contributed by atoms with Crippen molar-refractivity contribution in [1.29, 1.82) is 0 Å². The molecule has 1 amide bonds. The number of carbonyl (C=O) groups excluding carboxylic acids is 1. The molecule has 21 heavy (non-hydrogen) atoms. The van der Waals surface area contributed by atoms with Gasteiger partial charge in [0, 0.05) is 17.5 Å². The van der Waals surface area contributed by atoms with E-state index in [1.807, 2.05) is 24.3 Å². The molecule has 0 heterocycles. The number of rotatable bonds is 4. The topological polar surface area (TPSA) is 49.3 Å². The molecule has 3 nitrogen and oxygen atoms in total. The fourth-order valence-electron chi connectivity index (χ4n) is 3.06. The Morgan fingerprint density at radius 3 is 2.81 bits per heavy atom. The normalized spacial score (nSPS) is 16.1. The Kier molecular flexibility index (Phi) is 5.41. The van der Waals surface area contributed by atoms with Gasteiger partial charge in [-0.3, -0.25) is 4.79 Å². The lowest BCUT2D eigenvalue weighted by molar-refractivity contribution is -0.131. The zero-order valence-electron chi connectivity index (χ0n) is 12.6. The Morgan fingerprint density at radius 1 is 1.38 bits per heavy atom. The maximum atomic E-state index is 12.5. The Hall–Kier alpha value is -1.79. The number of nitrogens with one attached hydrogen (secondary N) is 1. The maximum absolute atomic E-state index is 12.5. The van der Waals surface area contributed by atoms with Crippen LogP contribution in [0.3, 0.4) is 0 Å². The Bertz CT molecular complexity index is 548. The standard InChI is InChI=1S/C18H23NO2/c1-2-18(10-3-4-11-18)17(21)19-14-16-8-5-7-15(13-16)9-6-12-20/h5,7-8,13,20H,2-4,10-12,14H2,1H3,(H,19,21). The van der Waals surface area contributed by atoms with Gasteiger partial charge in [-0.25, -0.2) is 0 Å². The summed E-state index contributed by atoms with van der Waals surface area (Å²) < 4.78 is 0. The molecule has 2 rings (SSSR count). The molecular weight excluding hydrogens is 262 g/mol. The molecule has 0 radical (unpaired) electrons. The van der Waals surface area contributed by atoms with E-state index in [1.165, 1.54) is 0 Å². The molecule has 0 atom stereocenters. The largest absolute Gasteiger partial charge is 0.384 e. The van der Waals surface area contributed by atoms with E-state index in [2.05, 4.69) is 24.1 Å². The van der Waals surface area contributed by atoms with Gasteiger partial charge in [0.2, 0.25) is 5.91 Å². The molecule has 1 aromatic rings.